The second-order valence-corrected chi connectivity index (χ2v) is 6.46. The molecule has 1 aromatic carbocycles. The van der Waals surface area contributed by atoms with Crippen LogP contribution in [0.1, 0.15) is 17.0 Å². The molecule has 2 aromatic heterocycles. The van der Waals surface area contributed by atoms with E-state index in [1.165, 1.54) is 5.56 Å². The molecule has 0 saturated heterocycles. The number of aromatic nitrogens is 3. The van der Waals surface area contributed by atoms with E-state index >= 15 is 0 Å². The van der Waals surface area contributed by atoms with Gasteiger partial charge in [0.2, 0.25) is 11.9 Å². The first-order valence-electron chi connectivity index (χ1n) is 7.63. The third-order valence-electron chi connectivity index (χ3n) is 3.53. The van der Waals surface area contributed by atoms with Crippen LogP contribution in [0.25, 0.3) is 0 Å². The standard InChI is InChI=1S/C17H20N6S/c1-12-5-3-4-6-14(12)19-17-21-15(20-16(18)22-17)10-23(2)9-13-7-8-24-11-13/h3-8,11H,9-10H2,1-2H3,(H3,18,19,20,21,22). The zero-order valence-electron chi connectivity index (χ0n) is 13.7. The van der Waals surface area contributed by atoms with Gasteiger partial charge in [-0.25, -0.2) is 0 Å². The summed E-state index contributed by atoms with van der Waals surface area (Å²) in [5.74, 6) is 1.34. The summed E-state index contributed by atoms with van der Waals surface area (Å²) in [7, 11) is 2.03. The molecule has 0 radical (unpaired) electrons. The number of hydrogen-bond donors (Lipinski definition) is 2. The Bertz CT molecular complexity index is 803. The molecule has 0 saturated carbocycles. The average Bonchev–Trinajstić information content (AvgIpc) is 3.01. The first kappa shape index (κ1) is 16.4. The third kappa shape index (κ3) is 4.27. The van der Waals surface area contributed by atoms with E-state index in [1.54, 1.807) is 11.3 Å². The maximum atomic E-state index is 5.84. The number of thiophene rings is 1. The molecule has 0 spiro atoms. The van der Waals surface area contributed by atoms with Crippen molar-refractivity contribution < 1.29 is 0 Å². The van der Waals surface area contributed by atoms with Gasteiger partial charge in [-0.2, -0.15) is 26.3 Å². The van der Waals surface area contributed by atoms with Crippen LogP contribution in [0.2, 0.25) is 0 Å². The highest BCUT2D eigenvalue weighted by molar-refractivity contribution is 7.07. The summed E-state index contributed by atoms with van der Waals surface area (Å²) >= 11 is 1.70. The summed E-state index contributed by atoms with van der Waals surface area (Å²) in [6.45, 7) is 3.48. The van der Waals surface area contributed by atoms with Crippen LogP contribution in [0.15, 0.2) is 41.1 Å². The average molecular weight is 340 g/mol. The SMILES string of the molecule is Cc1ccccc1Nc1nc(N)nc(CN(C)Cc2ccsc2)n1. The Hall–Kier alpha value is -2.51. The minimum absolute atomic E-state index is 0.222. The topological polar surface area (TPSA) is 80.0 Å². The van der Waals surface area contributed by atoms with Gasteiger partial charge in [0.15, 0.2) is 0 Å². The van der Waals surface area contributed by atoms with Gasteiger partial charge in [-0.1, -0.05) is 18.2 Å². The molecule has 0 atom stereocenters. The van der Waals surface area contributed by atoms with Crippen LogP contribution in [-0.4, -0.2) is 26.9 Å². The molecule has 24 heavy (non-hydrogen) atoms. The number of para-hydroxylation sites is 1. The molecular formula is C17H20N6S. The number of rotatable bonds is 6. The van der Waals surface area contributed by atoms with Crippen LogP contribution in [0.3, 0.4) is 0 Å². The number of nitrogens with two attached hydrogens (primary N) is 1. The highest BCUT2D eigenvalue weighted by Crippen LogP contribution is 2.18. The molecule has 124 valence electrons. The Morgan fingerprint density at radius 3 is 2.71 bits per heavy atom. The van der Waals surface area contributed by atoms with E-state index in [1.807, 2.05) is 38.2 Å². The number of nitrogen functional groups attached to an aromatic ring is 1. The second kappa shape index (κ2) is 7.37. The Labute approximate surface area is 145 Å². The molecule has 6 nitrogen and oxygen atoms in total. The van der Waals surface area contributed by atoms with Crippen molar-refractivity contribution in [1.82, 2.24) is 19.9 Å². The fourth-order valence-corrected chi connectivity index (χ4v) is 3.05. The lowest BCUT2D eigenvalue weighted by Gasteiger charge is -2.15. The highest BCUT2D eigenvalue weighted by Gasteiger charge is 2.09. The van der Waals surface area contributed by atoms with Gasteiger partial charge in [0, 0.05) is 12.2 Å². The van der Waals surface area contributed by atoms with Gasteiger partial charge >= 0.3 is 0 Å². The molecule has 7 heteroatoms. The summed E-state index contributed by atoms with van der Waals surface area (Å²) in [4.78, 5) is 15.1. The van der Waals surface area contributed by atoms with Crippen LogP contribution < -0.4 is 11.1 Å². The van der Waals surface area contributed by atoms with Crippen molar-refractivity contribution in [3.05, 3.63) is 58.0 Å². The van der Waals surface area contributed by atoms with Gasteiger partial charge in [0.05, 0.1) is 6.54 Å². The van der Waals surface area contributed by atoms with Crippen molar-refractivity contribution in [2.75, 3.05) is 18.1 Å². The molecule has 3 aromatic rings. The molecule has 0 aliphatic carbocycles. The molecule has 0 unspecified atom stereocenters. The van der Waals surface area contributed by atoms with Crippen molar-refractivity contribution in [2.45, 2.75) is 20.0 Å². The molecule has 0 bridgehead atoms. The quantitative estimate of drug-likeness (QED) is 0.717. The first-order chi connectivity index (χ1) is 11.6. The fourth-order valence-electron chi connectivity index (χ4n) is 2.39. The van der Waals surface area contributed by atoms with Crippen molar-refractivity contribution in [1.29, 1.82) is 0 Å². The maximum absolute atomic E-state index is 5.84. The van der Waals surface area contributed by atoms with E-state index in [2.05, 4.69) is 42.0 Å². The predicted molar refractivity (Wildman–Crippen MR) is 98.2 cm³/mol. The first-order valence-corrected chi connectivity index (χ1v) is 8.57. The third-order valence-corrected chi connectivity index (χ3v) is 4.27. The Morgan fingerprint density at radius 2 is 1.96 bits per heavy atom. The minimum Gasteiger partial charge on any atom is -0.368 e. The summed E-state index contributed by atoms with van der Waals surface area (Å²) < 4.78 is 0. The van der Waals surface area contributed by atoms with Gasteiger partial charge in [-0.3, -0.25) is 4.90 Å². The van der Waals surface area contributed by atoms with Crippen LogP contribution >= 0.6 is 11.3 Å². The number of aryl methyl sites for hydroxylation is 1. The van der Waals surface area contributed by atoms with Gasteiger partial charge < -0.3 is 11.1 Å². The van der Waals surface area contributed by atoms with Gasteiger partial charge in [-0.15, -0.1) is 0 Å². The van der Waals surface area contributed by atoms with Crippen LogP contribution in [0.5, 0.6) is 0 Å². The summed E-state index contributed by atoms with van der Waals surface area (Å²) in [6.07, 6.45) is 0. The monoisotopic (exact) mass is 340 g/mol. The van der Waals surface area contributed by atoms with Gasteiger partial charge in [0.25, 0.3) is 0 Å². The number of nitrogens with zero attached hydrogens (tertiary/aromatic N) is 4. The molecule has 2 heterocycles. The van der Waals surface area contributed by atoms with Crippen molar-refractivity contribution in [3.63, 3.8) is 0 Å². The fraction of sp³-hybridized carbons (Fsp3) is 0.235. The van der Waals surface area contributed by atoms with E-state index in [-0.39, 0.29) is 5.95 Å². The van der Waals surface area contributed by atoms with E-state index in [0.717, 1.165) is 17.8 Å². The normalized spacial score (nSPS) is 11.0. The molecule has 0 amide bonds. The minimum atomic E-state index is 0.222. The number of hydrogen-bond acceptors (Lipinski definition) is 7. The van der Waals surface area contributed by atoms with Crippen LogP contribution in [0, 0.1) is 6.92 Å². The Balaban J connectivity index is 1.72. The Kier molecular flexibility index (Phi) is 5.02. The molecular weight excluding hydrogens is 320 g/mol. The molecule has 3 rings (SSSR count). The number of anilines is 3. The largest absolute Gasteiger partial charge is 0.368 e. The van der Waals surface area contributed by atoms with E-state index in [4.69, 9.17) is 5.73 Å². The summed E-state index contributed by atoms with van der Waals surface area (Å²) in [6, 6.07) is 10.1. The lowest BCUT2D eigenvalue weighted by Crippen LogP contribution is -2.20. The lowest BCUT2D eigenvalue weighted by molar-refractivity contribution is 0.311. The molecule has 0 fully saturated rings. The number of nitrogens with one attached hydrogen (secondary N) is 1. The van der Waals surface area contributed by atoms with Gasteiger partial charge in [-0.05, 0) is 48.0 Å². The summed E-state index contributed by atoms with van der Waals surface area (Å²) in [5, 5.41) is 7.43. The molecule has 3 N–H and O–H groups in total. The van der Waals surface area contributed by atoms with Crippen molar-refractivity contribution in [3.8, 4) is 0 Å². The van der Waals surface area contributed by atoms with Crippen molar-refractivity contribution >= 4 is 28.9 Å². The number of benzene rings is 1. The van der Waals surface area contributed by atoms with Crippen LogP contribution in [0.4, 0.5) is 17.6 Å². The maximum Gasteiger partial charge on any atom is 0.232 e. The molecule has 0 aliphatic rings. The predicted octanol–water partition coefficient (Wildman–Crippen LogP) is 3.20. The van der Waals surface area contributed by atoms with Gasteiger partial charge in [0.1, 0.15) is 5.82 Å². The van der Waals surface area contributed by atoms with E-state index in [0.29, 0.717) is 18.3 Å². The zero-order valence-corrected chi connectivity index (χ0v) is 14.5. The molecule has 0 aliphatic heterocycles. The lowest BCUT2D eigenvalue weighted by atomic mass is 10.2. The Morgan fingerprint density at radius 1 is 1.12 bits per heavy atom. The zero-order chi connectivity index (χ0) is 16.9. The second-order valence-electron chi connectivity index (χ2n) is 5.68. The van der Waals surface area contributed by atoms with E-state index < -0.39 is 0 Å². The van der Waals surface area contributed by atoms with Crippen LogP contribution in [-0.2, 0) is 13.1 Å². The highest BCUT2D eigenvalue weighted by atomic mass is 32.1. The summed E-state index contributed by atoms with van der Waals surface area (Å²) in [5.41, 5.74) is 9.20. The smallest absolute Gasteiger partial charge is 0.232 e. The van der Waals surface area contributed by atoms with Crippen molar-refractivity contribution in [2.24, 2.45) is 0 Å². The van der Waals surface area contributed by atoms with E-state index in [9.17, 15) is 0 Å².